The molecule has 9 heteroatoms. The molecule has 0 radical (unpaired) electrons. The smallest absolute Gasteiger partial charge is 0.313 e. The Kier molecular flexibility index (Phi) is 7.01. The monoisotopic (exact) mass is 391 g/mol. The lowest BCUT2D eigenvalue weighted by molar-refractivity contribution is -0.136. The molecule has 0 saturated heterocycles. The summed E-state index contributed by atoms with van der Waals surface area (Å²) in [5.41, 5.74) is 0.784. The number of ether oxygens (including phenoxy) is 2. The van der Waals surface area contributed by atoms with E-state index in [1.165, 1.54) is 14.2 Å². The normalized spacial score (nSPS) is 9.89. The zero-order valence-electron chi connectivity index (χ0n) is 14.7. The van der Waals surface area contributed by atoms with E-state index in [-0.39, 0.29) is 0 Å². The molecule has 3 amide bonds. The fourth-order valence-electron chi connectivity index (χ4n) is 2.07. The number of anilines is 2. The molecule has 0 atom stereocenters. The lowest BCUT2D eigenvalue weighted by atomic mass is 10.2. The number of rotatable bonds is 6. The summed E-state index contributed by atoms with van der Waals surface area (Å²) in [6, 6.07) is 11.1. The van der Waals surface area contributed by atoms with Gasteiger partial charge >= 0.3 is 11.8 Å². The first-order chi connectivity index (χ1) is 12.9. The SMILES string of the molecule is COc1ccc(OC)c(NC(=O)CNC(=O)C(=O)Nc2ccc(Cl)cc2)c1. The highest BCUT2D eigenvalue weighted by Crippen LogP contribution is 2.28. The fourth-order valence-corrected chi connectivity index (χ4v) is 2.19. The summed E-state index contributed by atoms with van der Waals surface area (Å²) in [5.74, 6) is -1.43. The highest BCUT2D eigenvalue weighted by atomic mass is 35.5. The molecule has 0 fully saturated rings. The van der Waals surface area contributed by atoms with Crippen molar-refractivity contribution in [1.82, 2.24) is 5.32 Å². The second-order valence-corrected chi connectivity index (χ2v) is 5.69. The lowest BCUT2D eigenvalue weighted by Crippen LogP contribution is -2.39. The van der Waals surface area contributed by atoms with Crippen LogP contribution in [0.4, 0.5) is 11.4 Å². The van der Waals surface area contributed by atoms with Gasteiger partial charge in [0.2, 0.25) is 5.91 Å². The summed E-state index contributed by atoms with van der Waals surface area (Å²) in [7, 11) is 2.95. The molecule has 0 aliphatic carbocycles. The summed E-state index contributed by atoms with van der Waals surface area (Å²) in [4.78, 5) is 35.7. The van der Waals surface area contributed by atoms with Crippen LogP contribution in [0.1, 0.15) is 0 Å². The molecular formula is C18H18ClN3O5. The van der Waals surface area contributed by atoms with Crippen molar-refractivity contribution >= 4 is 40.7 Å². The van der Waals surface area contributed by atoms with Gasteiger partial charge in [0.05, 0.1) is 26.5 Å². The van der Waals surface area contributed by atoms with Gasteiger partial charge in [0.15, 0.2) is 0 Å². The number of nitrogens with one attached hydrogen (secondary N) is 3. The third-order valence-electron chi connectivity index (χ3n) is 3.40. The number of amides is 3. The number of methoxy groups -OCH3 is 2. The zero-order chi connectivity index (χ0) is 19.8. The van der Waals surface area contributed by atoms with Crippen LogP contribution in [0, 0.1) is 0 Å². The fraction of sp³-hybridized carbons (Fsp3) is 0.167. The third-order valence-corrected chi connectivity index (χ3v) is 3.65. The Morgan fingerprint density at radius 1 is 0.926 bits per heavy atom. The molecule has 27 heavy (non-hydrogen) atoms. The van der Waals surface area contributed by atoms with Crippen molar-refractivity contribution in [2.45, 2.75) is 0 Å². The molecule has 0 aliphatic heterocycles. The largest absolute Gasteiger partial charge is 0.497 e. The van der Waals surface area contributed by atoms with Crippen molar-refractivity contribution in [3.63, 3.8) is 0 Å². The van der Waals surface area contributed by atoms with Crippen LogP contribution < -0.4 is 25.4 Å². The molecule has 0 unspecified atom stereocenters. The number of halogens is 1. The van der Waals surface area contributed by atoms with Crippen molar-refractivity contribution < 1.29 is 23.9 Å². The van der Waals surface area contributed by atoms with Gasteiger partial charge in [-0.2, -0.15) is 0 Å². The Hall–Kier alpha value is -3.26. The highest BCUT2D eigenvalue weighted by molar-refractivity contribution is 6.40. The molecule has 0 aromatic heterocycles. The van der Waals surface area contributed by atoms with Gasteiger partial charge in [-0.1, -0.05) is 11.6 Å². The molecule has 8 nitrogen and oxygen atoms in total. The van der Waals surface area contributed by atoms with Crippen LogP contribution >= 0.6 is 11.6 Å². The van der Waals surface area contributed by atoms with Gasteiger partial charge in [-0.15, -0.1) is 0 Å². The molecule has 142 valence electrons. The third kappa shape index (κ3) is 5.89. The first-order valence-electron chi connectivity index (χ1n) is 7.79. The van der Waals surface area contributed by atoms with Gasteiger partial charge in [0, 0.05) is 16.8 Å². The van der Waals surface area contributed by atoms with Crippen LogP contribution in [0.5, 0.6) is 11.5 Å². The molecule has 0 heterocycles. The summed E-state index contributed by atoms with van der Waals surface area (Å²) < 4.78 is 10.2. The number of carbonyl (C=O) groups excluding carboxylic acids is 3. The van der Waals surface area contributed by atoms with Crippen molar-refractivity contribution in [1.29, 1.82) is 0 Å². The topological polar surface area (TPSA) is 106 Å². The van der Waals surface area contributed by atoms with E-state index in [0.717, 1.165) is 0 Å². The standard InChI is InChI=1S/C18H18ClN3O5/c1-26-13-7-8-15(27-2)14(9-13)22-16(23)10-20-17(24)18(25)21-12-5-3-11(19)4-6-12/h3-9H,10H2,1-2H3,(H,20,24)(H,21,25)(H,22,23). The minimum absolute atomic E-state index is 0.377. The van der Waals surface area contributed by atoms with Crippen molar-refractivity contribution in [2.75, 3.05) is 31.4 Å². The molecule has 3 N–H and O–H groups in total. The molecule has 2 aromatic rings. The molecule has 2 aromatic carbocycles. The minimum atomic E-state index is -0.947. The van der Waals surface area contributed by atoms with Crippen molar-refractivity contribution in [3.8, 4) is 11.5 Å². The average Bonchev–Trinajstić information content (AvgIpc) is 2.67. The van der Waals surface area contributed by atoms with E-state index in [9.17, 15) is 14.4 Å². The second kappa shape index (κ2) is 9.44. The Balaban J connectivity index is 1.88. The summed E-state index contributed by atoms with van der Waals surface area (Å²) in [6.07, 6.45) is 0. The van der Waals surface area contributed by atoms with Crippen LogP contribution in [0.2, 0.25) is 5.02 Å². The summed E-state index contributed by atoms with van der Waals surface area (Å²) in [5, 5.41) is 7.72. The number of hydrogen-bond donors (Lipinski definition) is 3. The number of carbonyl (C=O) groups is 3. The van der Waals surface area contributed by atoms with Crippen molar-refractivity contribution in [3.05, 3.63) is 47.5 Å². The average molecular weight is 392 g/mol. The van der Waals surface area contributed by atoms with E-state index in [1.807, 2.05) is 0 Å². The Morgan fingerprint density at radius 3 is 2.26 bits per heavy atom. The van der Waals surface area contributed by atoms with E-state index in [4.69, 9.17) is 21.1 Å². The Bertz CT molecular complexity index is 839. The summed E-state index contributed by atoms with van der Waals surface area (Å²) in [6.45, 7) is -0.396. The molecule has 0 spiro atoms. The molecular weight excluding hydrogens is 374 g/mol. The van der Waals surface area contributed by atoms with Gasteiger partial charge < -0.3 is 25.4 Å². The predicted molar refractivity (Wildman–Crippen MR) is 101 cm³/mol. The van der Waals surface area contributed by atoms with Gasteiger partial charge in [0.25, 0.3) is 0 Å². The quantitative estimate of drug-likeness (QED) is 0.653. The van der Waals surface area contributed by atoms with Crippen LogP contribution in [-0.2, 0) is 14.4 Å². The van der Waals surface area contributed by atoms with E-state index in [0.29, 0.717) is 27.9 Å². The van der Waals surface area contributed by atoms with Crippen LogP contribution in [0.15, 0.2) is 42.5 Å². The van der Waals surface area contributed by atoms with Crippen molar-refractivity contribution in [2.24, 2.45) is 0 Å². The Labute approximate surface area is 160 Å². The number of benzene rings is 2. The van der Waals surface area contributed by atoms with Gasteiger partial charge in [-0.25, -0.2) is 0 Å². The van der Waals surface area contributed by atoms with E-state index in [1.54, 1.807) is 42.5 Å². The van der Waals surface area contributed by atoms with E-state index in [2.05, 4.69) is 16.0 Å². The predicted octanol–water partition coefficient (Wildman–Crippen LogP) is 2.05. The van der Waals surface area contributed by atoms with Gasteiger partial charge in [-0.3, -0.25) is 14.4 Å². The number of hydrogen-bond acceptors (Lipinski definition) is 5. The van der Waals surface area contributed by atoms with Crippen LogP contribution in [0.25, 0.3) is 0 Å². The minimum Gasteiger partial charge on any atom is -0.497 e. The highest BCUT2D eigenvalue weighted by Gasteiger charge is 2.16. The molecule has 0 saturated carbocycles. The molecule has 0 aliphatic rings. The maximum absolute atomic E-state index is 12.0. The first-order valence-corrected chi connectivity index (χ1v) is 8.17. The van der Waals surface area contributed by atoms with E-state index < -0.39 is 24.3 Å². The van der Waals surface area contributed by atoms with Crippen LogP contribution in [-0.4, -0.2) is 38.5 Å². The lowest BCUT2D eigenvalue weighted by Gasteiger charge is -2.12. The van der Waals surface area contributed by atoms with Gasteiger partial charge in [-0.05, 0) is 36.4 Å². The summed E-state index contributed by atoms with van der Waals surface area (Å²) >= 11 is 5.75. The zero-order valence-corrected chi connectivity index (χ0v) is 15.4. The van der Waals surface area contributed by atoms with E-state index >= 15 is 0 Å². The van der Waals surface area contributed by atoms with Crippen LogP contribution in [0.3, 0.4) is 0 Å². The Morgan fingerprint density at radius 2 is 1.63 bits per heavy atom. The maximum Gasteiger partial charge on any atom is 0.313 e. The maximum atomic E-state index is 12.0. The molecule has 0 bridgehead atoms. The first kappa shape index (κ1) is 20.1. The molecule has 2 rings (SSSR count). The van der Waals surface area contributed by atoms with Gasteiger partial charge in [0.1, 0.15) is 11.5 Å². The second-order valence-electron chi connectivity index (χ2n) is 5.26.